The molecule has 3 N–H and O–H groups in total. The quantitative estimate of drug-likeness (QED) is 0.649. The molecule has 2 aromatic carbocycles. The Morgan fingerprint density at radius 3 is 2.65 bits per heavy atom. The zero-order valence-electron chi connectivity index (χ0n) is 11.7. The Balaban J connectivity index is 2.26. The van der Waals surface area contributed by atoms with Crippen molar-refractivity contribution in [3.63, 3.8) is 0 Å². The molecule has 0 saturated carbocycles. The second kappa shape index (κ2) is 6.88. The maximum Gasteiger partial charge on any atom is 0.122 e. The third-order valence-electron chi connectivity index (χ3n) is 3.42. The van der Waals surface area contributed by atoms with Gasteiger partial charge in [0.1, 0.15) is 5.75 Å². The first-order chi connectivity index (χ1) is 9.65. The summed E-state index contributed by atoms with van der Waals surface area (Å²) in [5.41, 5.74) is 6.38. The number of rotatable bonds is 5. The molecule has 0 aliphatic carbocycles. The molecule has 0 heterocycles. The summed E-state index contributed by atoms with van der Waals surface area (Å²) in [6.07, 6.45) is 0.774. The van der Waals surface area contributed by atoms with Gasteiger partial charge in [0.2, 0.25) is 0 Å². The van der Waals surface area contributed by atoms with E-state index in [1.807, 2.05) is 18.2 Å². The lowest BCUT2D eigenvalue weighted by Crippen LogP contribution is -2.29. The smallest absolute Gasteiger partial charge is 0.122 e. The fourth-order valence-corrected chi connectivity index (χ4v) is 2.59. The van der Waals surface area contributed by atoms with E-state index < -0.39 is 0 Å². The summed E-state index contributed by atoms with van der Waals surface area (Å²) in [4.78, 5) is 0. The van der Waals surface area contributed by atoms with Crippen LogP contribution in [-0.4, -0.2) is 7.11 Å². The van der Waals surface area contributed by atoms with E-state index in [1.165, 1.54) is 5.56 Å². The van der Waals surface area contributed by atoms with Crippen LogP contribution in [0.2, 0.25) is 0 Å². The Morgan fingerprint density at radius 1 is 1.25 bits per heavy atom. The molecule has 106 valence electrons. The average Bonchev–Trinajstić information content (AvgIpc) is 2.48. The Labute approximate surface area is 128 Å². The summed E-state index contributed by atoms with van der Waals surface area (Å²) in [5, 5.41) is 0. The van der Waals surface area contributed by atoms with Crippen LogP contribution in [0, 0.1) is 6.92 Å². The van der Waals surface area contributed by atoms with Gasteiger partial charge in [-0.25, -0.2) is 0 Å². The minimum Gasteiger partial charge on any atom is -0.496 e. The first-order valence-electron chi connectivity index (χ1n) is 6.49. The summed E-state index contributed by atoms with van der Waals surface area (Å²) in [5.74, 6) is 6.61. The van der Waals surface area contributed by atoms with E-state index in [0.717, 1.165) is 27.8 Å². The van der Waals surface area contributed by atoms with Gasteiger partial charge < -0.3 is 4.74 Å². The molecule has 0 saturated heterocycles. The molecule has 0 radical (unpaired) electrons. The molecule has 2 rings (SSSR count). The molecule has 0 spiro atoms. The molecule has 0 fully saturated rings. The van der Waals surface area contributed by atoms with Crippen LogP contribution < -0.4 is 16.0 Å². The van der Waals surface area contributed by atoms with Crippen molar-refractivity contribution >= 4 is 15.9 Å². The minimum absolute atomic E-state index is 0.0446. The zero-order chi connectivity index (χ0) is 14.5. The number of aryl methyl sites for hydroxylation is 1. The molecule has 0 aromatic heterocycles. The molecule has 0 bridgehead atoms. The number of ether oxygens (including phenoxy) is 1. The largest absolute Gasteiger partial charge is 0.496 e. The van der Waals surface area contributed by atoms with Gasteiger partial charge in [0.15, 0.2) is 0 Å². The van der Waals surface area contributed by atoms with E-state index in [4.69, 9.17) is 10.6 Å². The topological polar surface area (TPSA) is 47.3 Å². The van der Waals surface area contributed by atoms with E-state index in [-0.39, 0.29) is 6.04 Å². The maximum absolute atomic E-state index is 5.73. The third-order valence-corrected chi connectivity index (χ3v) is 4.27. The number of nitrogens with two attached hydrogens (primary N) is 1. The van der Waals surface area contributed by atoms with Crippen LogP contribution >= 0.6 is 15.9 Å². The van der Waals surface area contributed by atoms with Gasteiger partial charge in [-0.1, -0.05) is 46.3 Å². The summed E-state index contributed by atoms with van der Waals surface area (Å²) in [6.45, 7) is 2.07. The van der Waals surface area contributed by atoms with Crippen molar-refractivity contribution in [3.8, 4) is 5.75 Å². The first kappa shape index (κ1) is 15.0. The number of hydrogen-bond donors (Lipinski definition) is 2. The molecule has 20 heavy (non-hydrogen) atoms. The van der Waals surface area contributed by atoms with Crippen molar-refractivity contribution in [2.24, 2.45) is 5.84 Å². The molecule has 1 atom stereocenters. The number of hydrogen-bond acceptors (Lipinski definition) is 3. The van der Waals surface area contributed by atoms with Crippen molar-refractivity contribution in [1.29, 1.82) is 0 Å². The number of nitrogens with one attached hydrogen (secondary N) is 1. The molecule has 3 nitrogen and oxygen atoms in total. The second-order valence-electron chi connectivity index (χ2n) is 4.74. The van der Waals surface area contributed by atoms with Crippen molar-refractivity contribution < 1.29 is 4.74 Å². The third kappa shape index (κ3) is 3.39. The molecule has 0 aliphatic rings. The Hall–Kier alpha value is -1.36. The molecule has 2 aromatic rings. The van der Waals surface area contributed by atoms with E-state index in [9.17, 15) is 0 Å². The number of halogens is 1. The van der Waals surface area contributed by atoms with Crippen molar-refractivity contribution in [2.75, 3.05) is 7.11 Å². The highest BCUT2D eigenvalue weighted by molar-refractivity contribution is 9.10. The highest BCUT2D eigenvalue weighted by Crippen LogP contribution is 2.27. The molecular formula is C16H19BrN2O. The van der Waals surface area contributed by atoms with E-state index >= 15 is 0 Å². The van der Waals surface area contributed by atoms with Gasteiger partial charge in [-0.3, -0.25) is 11.3 Å². The van der Waals surface area contributed by atoms with Gasteiger partial charge in [-0.2, -0.15) is 0 Å². The fourth-order valence-electron chi connectivity index (χ4n) is 2.19. The predicted octanol–water partition coefficient (Wildman–Crippen LogP) is 3.51. The van der Waals surface area contributed by atoms with Crippen LogP contribution in [0.4, 0.5) is 0 Å². The van der Waals surface area contributed by atoms with Gasteiger partial charge in [0.05, 0.1) is 13.2 Å². The molecule has 4 heteroatoms. The van der Waals surface area contributed by atoms with Gasteiger partial charge in [-0.05, 0) is 42.2 Å². The average molecular weight is 335 g/mol. The first-order valence-corrected chi connectivity index (χ1v) is 7.29. The highest BCUT2D eigenvalue weighted by atomic mass is 79.9. The van der Waals surface area contributed by atoms with Crippen LogP contribution in [0.15, 0.2) is 46.9 Å². The van der Waals surface area contributed by atoms with Gasteiger partial charge in [-0.15, -0.1) is 0 Å². The zero-order valence-corrected chi connectivity index (χ0v) is 13.3. The Bertz CT molecular complexity index is 586. The highest BCUT2D eigenvalue weighted by Gasteiger charge is 2.14. The standard InChI is InChI=1S/C16H19BrN2O/c1-11-7-8-12(9-14(11)17)15(19-18)10-13-5-3-4-6-16(13)20-2/h3-9,15,19H,10,18H2,1-2H3. The molecule has 1 unspecified atom stereocenters. The summed E-state index contributed by atoms with van der Waals surface area (Å²) in [6, 6.07) is 14.3. The number of benzene rings is 2. The van der Waals surface area contributed by atoms with Crippen LogP contribution in [0.5, 0.6) is 5.75 Å². The summed E-state index contributed by atoms with van der Waals surface area (Å²) >= 11 is 3.56. The van der Waals surface area contributed by atoms with Crippen molar-refractivity contribution in [3.05, 3.63) is 63.6 Å². The number of hydrazine groups is 1. The normalized spacial score (nSPS) is 12.2. The maximum atomic E-state index is 5.73. The van der Waals surface area contributed by atoms with Crippen molar-refractivity contribution in [1.82, 2.24) is 5.43 Å². The van der Waals surface area contributed by atoms with Crippen LogP contribution in [0.1, 0.15) is 22.7 Å². The van der Waals surface area contributed by atoms with Gasteiger partial charge in [0.25, 0.3) is 0 Å². The molecule has 0 amide bonds. The minimum atomic E-state index is 0.0446. The molecule has 0 aliphatic heterocycles. The number of methoxy groups -OCH3 is 1. The van der Waals surface area contributed by atoms with Gasteiger partial charge >= 0.3 is 0 Å². The van der Waals surface area contributed by atoms with Crippen LogP contribution in [0.25, 0.3) is 0 Å². The summed E-state index contributed by atoms with van der Waals surface area (Å²) in [7, 11) is 1.69. The fraction of sp³-hybridized carbons (Fsp3) is 0.250. The Kier molecular flexibility index (Phi) is 5.17. The lowest BCUT2D eigenvalue weighted by molar-refractivity contribution is 0.405. The predicted molar refractivity (Wildman–Crippen MR) is 85.6 cm³/mol. The van der Waals surface area contributed by atoms with Crippen LogP contribution in [0.3, 0.4) is 0 Å². The van der Waals surface area contributed by atoms with E-state index in [0.29, 0.717) is 0 Å². The SMILES string of the molecule is COc1ccccc1CC(NN)c1ccc(C)c(Br)c1. The van der Waals surface area contributed by atoms with E-state index in [2.05, 4.69) is 52.5 Å². The Morgan fingerprint density at radius 2 is 2.00 bits per heavy atom. The van der Waals surface area contributed by atoms with E-state index in [1.54, 1.807) is 7.11 Å². The van der Waals surface area contributed by atoms with Crippen molar-refractivity contribution in [2.45, 2.75) is 19.4 Å². The summed E-state index contributed by atoms with van der Waals surface area (Å²) < 4.78 is 6.48. The van der Waals surface area contributed by atoms with Crippen LogP contribution in [-0.2, 0) is 6.42 Å². The molecular weight excluding hydrogens is 316 g/mol. The lowest BCUT2D eigenvalue weighted by atomic mass is 9.98. The second-order valence-corrected chi connectivity index (χ2v) is 5.60. The lowest BCUT2D eigenvalue weighted by Gasteiger charge is -2.18. The number of para-hydroxylation sites is 1. The monoisotopic (exact) mass is 334 g/mol. The van der Waals surface area contributed by atoms with Gasteiger partial charge in [0, 0.05) is 4.47 Å².